The Hall–Kier alpha value is -3.39. The molecule has 8 nitrogen and oxygen atoms in total. The number of benzene rings is 1. The summed E-state index contributed by atoms with van der Waals surface area (Å²) in [5, 5.41) is 12.1. The molecule has 140 valence electrons. The van der Waals surface area contributed by atoms with E-state index in [1.54, 1.807) is 48.8 Å². The van der Waals surface area contributed by atoms with Gasteiger partial charge in [0.25, 0.3) is 5.91 Å². The zero-order valence-corrected chi connectivity index (χ0v) is 14.7. The molecule has 2 aromatic rings. The third-order valence-electron chi connectivity index (χ3n) is 3.96. The quantitative estimate of drug-likeness (QED) is 0.714. The lowest BCUT2D eigenvalue weighted by Crippen LogP contribution is -2.31. The number of amides is 1. The number of methoxy groups -OCH3 is 1. The molecule has 0 fully saturated rings. The number of nitrogens with zero attached hydrogens (tertiary/aromatic N) is 2. The molecule has 0 aliphatic carbocycles. The van der Waals surface area contributed by atoms with E-state index in [2.05, 4.69) is 10.3 Å². The maximum atomic E-state index is 12.6. The van der Waals surface area contributed by atoms with E-state index in [0.717, 1.165) is 0 Å². The predicted octanol–water partition coefficient (Wildman–Crippen LogP) is 1.55. The number of anilines is 1. The number of aromatic nitrogens is 1. The minimum atomic E-state index is -0.600. The molecule has 0 spiro atoms. The molecule has 1 aliphatic heterocycles. The summed E-state index contributed by atoms with van der Waals surface area (Å²) in [4.78, 5) is 30.1. The highest BCUT2D eigenvalue weighted by molar-refractivity contribution is 6.08. The van der Waals surface area contributed by atoms with E-state index in [0.29, 0.717) is 17.2 Å². The number of hydrogen-bond acceptors (Lipinski definition) is 7. The lowest BCUT2D eigenvalue weighted by molar-refractivity contribution is -0.136. The molecule has 2 heterocycles. The lowest BCUT2D eigenvalue weighted by Gasteiger charge is -2.16. The van der Waals surface area contributed by atoms with Crippen molar-refractivity contribution in [1.82, 2.24) is 9.88 Å². The smallest absolute Gasteiger partial charge is 0.337 e. The Morgan fingerprint density at radius 1 is 1.30 bits per heavy atom. The van der Waals surface area contributed by atoms with Crippen LogP contribution in [0.4, 0.5) is 5.69 Å². The first kappa shape index (κ1) is 18.4. The molecule has 1 aromatic carbocycles. The Morgan fingerprint density at radius 2 is 2.11 bits per heavy atom. The van der Waals surface area contributed by atoms with Crippen LogP contribution in [0.5, 0.6) is 11.5 Å². The number of aliphatic hydroxyl groups is 1. The van der Waals surface area contributed by atoms with Gasteiger partial charge in [0, 0.05) is 12.7 Å². The summed E-state index contributed by atoms with van der Waals surface area (Å²) < 4.78 is 10.6. The number of para-hydroxylation sites is 2. The molecule has 0 bridgehead atoms. The summed E-state index contributed by atoms with van der Waals surface area (Å²) in [6.45, 7) is -0.00739. The number of nitrogens with one attached hydrogen (secondary N) is 1. The molecule has 0 radical (unpaired) electrons. The van der Waals surface area contributed by atoms with Gasteiger partial charge in [-0.05, 0) is 24.3 Å². The molecule has 1 aliphatic rings. The fourth-order valence-electron chi connectivity index (χ4n) is 2.68. The van der Waals surface area contributed by atoms with Crippen molar-refractivity contribution in [1.29, 1.82) is 0 Å². The topological polar surface area (TPSA) is 101 Å². The van der Waals surface area contributed by atoms with E-state index in [9.17, 15) is 9.59 Å². The maximum absolute atomic E-state index is 12.6. The lowest BCUT2D eigenvalue weighted by atomic mass is 10.2. The highest BCUT2D eigenvalue weighted by Crippen LogP contribution is 2.32. The van der Waals surface area contributed by atoms with Gasteiger partial charge in [-0.2, -0.15) is 0 Å². The van der Waals surface area contributed by atoms with Crippen molar-refractivity contribution in [3.05, 3.63) is 60.1 Å². The van der Waals surface area contributed by atoms with Crippen molar-refractivity contribution in [2.24, 2.45) is 0 Å². The van der Waals surface area contributed by atoms with Crippen molar-refractivity contribution < 1.29 is 24.2 Å². The molecule has 3 rings (SSSR count). The highest BCUT2D eigenvalue weighted by atomic mass is 16.5. The molecule has 1 amide bonds. The predicted molar refractivity (Wildman–Crippen MR) is 97.1 cm³/mol. The summed E-state index contributed by atoms with van der Waals surface area (Å²) in [7, 11) is 1.26. The van der Waals surface area contributed by atoms with Gasteiger partial charge < -0.3 is 24.8 Å². The average molecular weight is 369 g/mol. The molecule has 0 unspecified atom stereocenters. The van der Waals surface area contributed by atoms with E-state index in [-0.39, 0.29) is 36.9 Å². The van der Waals surface area contributed by atoms with E-state index in [4.69, 9.17) is 14.6 Å². The second-order valence-electron chi connectivity index (χ2n) is 5.71. The zero-order valence-electron chi connectivity index (χ0n) is 14.7. The molecular formula is C19H19N3O5. The van der Waals surface area contributed by atoms with Crippen molar-refractivity contribution in [2.45, 2.75) is 0 Å². The minimum absolute atomic E-state index is 0.0695. The number of pyridine rings is 1. The van der Waals surface area contributed by atoms with Crippen LogP contribution < -0.4 is 10.1 Å². The van der Waals surface area contributed by atoms with Gasteiger partial charge >= 0.3 is 5.97 Å². The van der Waals surface area contributed by atoms with Gasteiger partial charge in [-0.3, -0.25) is 9.78 Å². The summed E-state index contributed by atoms with van der Waals surface area (Å²) in [5.74, 6) is 0.0155. The first-order valence-corrected chi connectivity index (χ1v) is 8.29. The van der Waals surface area contributed by atoms with Crippen molar-refractivity contribution in [3.63, 3.8) is 0 Å². The molecule has 1 aromatic heterocycles. The second kappa shape index (κ2) is 8.33. The first-order valence-electron chi connectivity index (χ1n) is 8.29. The summed E-state index contributed by atoms with van der Waals surface area (Å²) in [6.07, 6.45) is 3.21. The van der Waals surface area contributed by atoms with Gasteiger partial charge in [0.2, 0.25) is 0 Å². The fourth-order valence-corrected chi connectivity index (χ4v) is 2.68. The summed E-state index contributed by atoms with van der Waals surface area (Å²) in [5.41, 5.74) is 0.821. The van der Waals surface area contributed by atoms with Crippen LogP contribution in [-0.2, 0) is 14.3 Å². The number of rotatable bonds is 7. The molecule has 0 saturated heterocycles. The summed E-state index contributed by atoms with van der Waals surface area (Å²) in [6, 6.07) is 10.5. The highest BCUT2D eigenvalue weighted by Gasteiger charge is 2.34. The zero-order chi connectivity index (χ0) is 19.2. The third kappa shape index (κ3) is 4.06. The van der Waals surface area contributed by atoms with Crippen LogP contribution >= 0.6 is 0 Å². The number of carbonyl (C=O) groups is 2. The summed E-state index contributed by atoms with van der Waals surface area (Å²) >= 11 is 0. The van der Waals surface area contributed by atoms with Gasteiger partial charge in [-0.1, -0.05) is 12.1 Å². The number of β-amino-alcohol motifs (C(OH)–C–C–N with tert-alkyl or cyclic N) is 1. The van der Waals surface area contributed by atoms with Crippen LogP contribution in [-0.4, -0.2) is 53.7 Å². The standard InChI is InChI=1S/C19H19N3O5/c1-26-19(25)14-12-22(9-10-23)18(24)17(14)21-15-6-2-3-7-16(15)27-13-5-4-8-20-11-13/h2-8,11,21,23H,9-10,12H2,1H3. The van der Waals surface area contributed by atoms with Crippen molar-refractivity contribution >= 4 is 17.6 Å². The van der Waals surface area contributed by atoms with Crippen LogP contribution in [0.3, 0.4) is 0 Å². The van der Waals surface area contributed by atoms with E-state index in [1.807, 2.05) is 0 Å². The van der Waals surface area contributed by atoms with Gasteiger partial charge in [0.15, 0.2) is 5.75 Å². The van der Waals surface area contributed by atoms with Crippen molar-refractivity contribution in [2.75, 3.05) is 32.1 Å². The van der Waals surface area contributed by atoms with Crippen LogP contribution in [0.1, 0.15) is 0 Å². The number of carbonyl (C=O) groups excluding carboxylic acids is 2. The molecule has 2 N–H and O–H groups in total. The number of hydrogen-bond donors (Lipinski definition) is 2. The largest absolute Gasteiger partial charge is 0.466 e. The van der Waals surface area contributed by atoms with Gasteiger partial charge in [0.1, 0.15) is 11.4 Å². The van der Waals surface area contributed by atoms with E-state index < -0.39 is 5.97 Å². The van der Waals surface area contributed by atoms with Crippen LogP contribution in [0.15, 0.2) is 60.1 Å². The van der Waals surface area contributed by atoms with Gasteiger partial charge in [-0.25, -0.2) is 4.79 Å². The minimum Gasteiger partial charge on any atom is -0.466 e. The number of aliphatic hydroxyl groups excluding tert-OH is 1. The Balaban J connectivity index is 1.90. The fraction of sp³-hybridized carbons (Fsp3) is 0.211. The second-order valence-corrected chi connectivity index (χ2v) is 5.71. The Kier molecular flexibility index (Phi) is 5.68. The maximum Gasteiger partial charge on any atom is 0.337 e. The molecule has 0 saturated carbocycles. The number of esters is 1. The average Bonchev–Trinajstić information content (AvgIpc) is 3.00. The monoisotopic (exact) mass is 369 g/mol. The van der Waals surface area contributed by atoms with Crippen molar-refractivity contribution in [3.8, 4) is 11.5 Å². The van der Waals surface area contributed by atoms with E-state index >= 15 is 0 Å². The Bertz CT molecular complexity index is 867. The molecule has 8 heteroatoms. The Labute approximate surface area is 156 Å². The van der Waals surface area contributed by atoms with Gasteiger partial charge in [0.05, 0.1) is 37.7 Å². The van der Waals surface area contributed by atoms with E-state index in [1.165, 1.54) is 12.0 Å². The van der Waals surface area contributed by atoms with Gasteiger partial charge in [-0.15, -0.1) is 0 Å². The first-order chi connectivity index (χ1) is 13.1. The molecule has 0 atom stereocenters. The molecule has 27 heavy (non-hydrogen) atoms. The number of ether oxygens (including phenoxy) is 2. The van der Waals surface area contributed by atoms with Crippen LogP contribution in [0.25, 0.3) is 0 Å². The normalized spacial score (nSPS) is 13.7. The molecular weight excluding hydrogens is 350 g/mol. The van der Waals surface area contributed by atoms with Crippen LogP contribution in [0.2, 0.25) is 0 Å². The third-order valence-corrected chi connectivity index (χ3v) is 3.96. The van der Waals surface area contributed by atoms with Crippen LogP contribution in [0, 0.1) is 0 Å². The SMILES string of the molecule is COC(=O)C1=C(Nc2ccccc2Oc2cccnc2)C(=O)N(CCO)C1. The Morgan fingerprint density at radius 3 is 2.81 bits per heavy atom.